The average Bonchev–Trinajstić information content (AvgIpc) is 3.61. The third-order valence-corrected chi connectivity index (χ3v) is 9.40. The van der Waals surface area contributed by atoms with Crippen LogP contribution in [0.1, 0.15) is 55.9 Å². The number of hydrogen-bond acceptors (Lipinski definition) is 6. The highest BCUT2D eigenvalue weighted by Gasteiger charge is 2.42. The van der Waals surface area contributed by atoms with Gasteiger partial charge in [0.25, 0.3) is 0 Å². The van der Waals surface area contributed by atoms with Gasteiger partial charge in [0.05, 0.1) is 6.04 Å². The van der Waals surface area contributed by atoms with Gasteiger partial charge in [-0.1, -0.05) is 93.1 Å². The predicted molar refractivity (Wildman–Crippen MR) is 189 cm³/mol. The van der Waals surface area contributed by atoms with E-state index in [1.165, 1.54) is 0 Å². The van der Waals surface area contributed by atoms with Gasteiger partial charge >= 0.3 is 0 Å². The Balaban J connectivity index is 1.52. The molecular weight excluding hydrogens is 618 g/mol. The maximum atomic E-state index is 14.5. The minimum Gasteiger partial charge on any atom is -0.483 e. The Bertz CT molecular complexity index is 1610. The van der Waals surface area contributed by atoms with E-state index in [2.05, 4.69) is 16.0 Å². The number of likely N-dealkylation sites (tertiary alicyclic amines) is 1. The SMILES string of the molecule is CCC(C)C(C(=O)N1CCCC1C(=O)NC1C(=O)NC(Cc2ccccc2)C(=O)NC=Cc2ccc(cc2)OC1c1ccccc1)N(C)C. The van der Waals surface area contributed by atoms with Crippen molar-refractivity contribution in [1.29, 1.82) is 0 Å². The molecule has 4 amide bonds. The van der Waals surface area contributed by atoms with Crippen molar-refractivity contribution in [3.05, 3.63) is 108 Å². The number of fused-ring (bicyclic) bond motifs is 10. The summed E-state index contributed by atoms with van der Waals surface area (Å²) >= 11 is 0. The zero-order valence-corrected chi connectivity index (χ0v) is 28.7. The molecule has 10 nitrogen and oxygen atoms in total. The number of ether oxygens (including phenoxy) is 1. The second-order valence-electron chi connectivity index (χ2n) is 13.1. The summed E-state index contributed by atoms with van der Waals surface area (Å²) in [6.45, 7) is 4.54. The van der Waals surface area contributed by atoms with E-state index in [-0.39, 0.29) is 24.3 Å². The largest absolute Gasteiger partial charge is 0.483 e. The van der Waals surface area contributed by atoms with Gasteiger partial charge in [0, 0.05) is 19.2 Å². The van der Waals surface area contributed by atoms with Crippen LogP contribution < -0.4 is 20.7 Å². The van der Waals surface area contributed by atoms with Crippen LogP contribution in [0.15, 0.2) is 91.1 Å². The lowest BCUT2D eigenvalue weighted by Gasteiger charge is -2.35. The summed E-state index contributed by atoms with van der Waals surface area (Å²) < 4.78 is 6.53. The molecule has 6 atom stereocenters. The van der Waals surface area contributed by atoms with E-state index in [0.717, 1.165) is 17.5 Å². The fourth-order valence-corrected chi connectivity index (χ4v) is 6.61. The van der Waals surface area contributed by atoms with Gasteiger partial charge in [-0.15, -0.1) is 0 Å². The molecule has 10 heteroatoms. The van der Waals surface area contributed by atoms with Crippen LogP contribution in [0, 0.1) is 5.92 Å². The van der Waals surface area contributed by atoms with Crippen molar-refractivity contribution in [2.45, 2.75) is 69.8 Å². The number of nitrogens with zero attached hydrogens (tertiary/aromatic N) is 2. The van der Waals surface area contributed by atoms with Crippen molar-refractivity contribution in [2.24, 2.45) is 5.92 Å². The summed E-state index contributed by atoms with van der Waals surface area (Å²) in [5, 5.41) is 8.73. The first kappa shape index (κ1) is 35.3. The second kappa shape index (κ2) is 16.4. The van der Waals surface area contributed by atoms with Crippen LogP contribution in [0.5, 0.6) is 5.75 Å². The molecule has 3 aromatic rings. The second-order valence-corrected chi connectivity index (χ2v) is 13.1. The molecule has 3 aromatic carbocycles. The summed E-state index contributed by atoms with van der Waals surface area (Å²) in [5.74, 6) is -0.951. The van der Waals surface area contributed by atoms with E-state index in [4.69, 9.17) is 4.74 Å². The first-order valence-electron chi connectivity index (χ1n) is 17.1. The maximum Gasteiger partial charge on any atom is 0.247 e. The van der Waals surface area contributed by atoms with Gasteiger partial charge in [-0.2, -0.15) is 0 Å². The molecule has 0 saturated carbocycles. The molecule has 3 N–H and O–H groups in total. The number of carbonyl (C=O) groups excluding carboxylic acids is 4. The Kier molecular flexibility index (Phi) is 11.9. The topological polar surface area (TPSA) is 120 Å². The fourth-order valence-electron chi connectivity index (χ4n) is 6.61. The molecule has 6 unspecified atom stereocenters. The lowest BCUT2D eigenvalue weighted by molar-refractivity contribution is -0.144. The molecule has 2 bridgehead atoms. The van der Waals surface area contributed by atoms with Gasteiger partial charge in [-0.05, 0) is 67.8 Å². The zero-order chi connectivity index (χ0) is 34.9. The molecule has 49 heavy (non-hydrogen) atoms. The highest BCUT2D eigenvalue weighted by Crippen LogP contribution is 2.28. The Morgan fingerprint density at radius 3 is 2.29 bits per heavy atom. The van der Waals surface area contributed by atoms with Crippen molar-refractivity contribution < 1.29 is 23.9 Å². The van der Waals surface area contributed by atoms with Gasteiger partial charge in [0.15, 0.2) is 6.10 Å². The Morgan fingerprint density at radius 1 is 0.959 bits per heavy atom. The molecule has 1 saturated heterocycles. The predicted octanol–water partition coefficient (Wildman–Crippen LogP) is 4.09. The van der Waals surface area contributed by atoms with Crippen LogP contribution in [0.25, 0.3) is 6.08 Å². The van der Waals surface area contributed by atoms with E-state index in [1.54, 1.807) is 29.3 Å². The quantitative estimate of drug-likeness (QED) is 0.317. The van der Waals surface area contributed by atoms with Gasteiger partial charge in [-0.3, -0.25) is 24.1 Å². The molecule has 3 aliphatic rings. The minimum atomic E-state index is -1.25. The number of hydrogen-bond donors (Lipinski definition) is 3. The summed E-state index contributed by atoms with van der Waals surface area (Å²) in [6.07, 6.45) is 4.52. The van der Waals surface area contributed by atoms with Gasteiger partial charge < -0.3 is 25.6 Å². The van der Waals surface area contributed by atoms with E-state index >= 15 is 0 Å². The molecule has 0 radical (unpaired) electrons. The molecule has 0 aliphatic carbocycles. The summed E-state index contributed by atoms with van der Waals surface area (Å²) in [6, 6.07) is 22.6. The smallest absolute Gasteiger partial charge is 0.247 e. The van der Waals surface area contributed by atoms with Crippen molar-refractivity contribution in [3.8, 4) is 5.75 Å². The molecule has 1 fully saturated rings. The Morgan fingerprint density at radius 2 is 1.63 bits per heavy atom. The molecule has 0 spiro atoms. The third-order valence-electron chi connectivity index (χ3n) is 9.40. The number of amides is 4. The number of carbonyl (C=O) groups is 4. The molecule has 3 aliphatic heterocycles. The number of benzene rings is 3. The summed E-state index contributed by atoms with van der Waals surface area (Å²) in [4.78, 5) is 59.8. The standard InChI is InChI=1S/C39H47N5O5/c1-5-26(2)34(43(3)4)39(48)44-24-12-17-32(44)37(46)42-33-35(29-15-10-7-11-16-29)49-30-20-18-27(19-21-30)22-23-40-36(45)31(41-38(33)47)25-28-13-8-6-9-14-28/h6-11,13-16,18-23,26,31-35H,5,12,17,24-25H2,1-4H3,(H,40,45)(H,41,47)(H,42,46). The first-order chi connectivity index (χ1) is 23.7. The van der Waals surface area contributed by atoms with Crippen molar-refractivity contribution in [3.63, 3.8) is 0 Å². The van der Waals surface area contributed by atoms with Crippen LogP contribution in [-0.2, 0) is 25.6 Å². The Hall–Kier alpha value is -4.96. The lowest BCUT2D eigenvalue weighted by atomic mass is 9.96. The fraction of sp³-hybridized carbons (Fsp3) is 0.385. The molecular formula is C39H47N5O5. The number of likely N-dealkylation sites (N-methyl/N-ethyl adjacent to an activating group) is 1. The van der Waals surface area contributed by atoms with E-state index in [0.29, 0.717) is 30.7 Å². The highest BCUT2D eigenvalue weighted by molar-refractivity contribution is 5.96. The summed E-state index contributed by atoms with van der Waals surface area (Å²) in [5.41, 5.74) is 2.36. The molecule has 6 rings (SSSR count). The average molecular weight is 666 g/mol. The molecule has 0 aromatic heterocycles. The number of nitrogens with one attached hydrogen (secondary N) is 3. The zero-order valence-electron chi connectivity index (χ0n) is 28.7. The van der Waals surface area contributed by atoms with Crippen LogP contribution in [0.4, 0.5) is 0 Å². The van der Waals surface area contributed by atoms with Gasteiger partial charge in [-0.25, -0.2) is 0 Å². The maximum absolute atomic E-state index is 14.5. The van der Waals surface area contributed by atoms with Crippen LogP contribution >= 0.6 is 0 Å². The first-order valence-corrected chi connectivity index (χ1v) is 17.1. The van der Waals surface area contributed by atoms with Crippen molar-refractivity contribution in [1.82, 2.24) is 25.8 Å². The minimum absolute atomic E-state index is 0.0852. The van der Waals surface area contributed by atoms with Gasteiger partial charge in [0.2, 0.25) is 23.6 Å². The van der Waals surface area contributed by atoms with Crippen LogP contribution in [0.2, 0.25) is 0 Å². The lowest BCUT2D eigenvalue weighted by Crippen LogP contribution is -2.60. The van der Waals surface area contributed by atoms with Crippen molar-refractivity contribution >= 4 is 29.7 Å². The van der Waals surface area contributed by atoms with Crippen LogP contribution in [-0.4, -0.2) is 78.2 Å². The normalized spacial score (nSPS) is 22.4. The highest BCUT2D eigenvalue weighted by atomic mass is 16.5. The monoisotopic (exact) mass is 665 g/mol. The Labute approximate surface area is 288 Å². The molecule has 258 valence electrons. The third kappa shape index (κ3) is 8.75. The van der Waals surface area contributed by atoms with Crippen LogP contribution in [0.3, 0.4) is 0 Å². The van der Waals surface area contributed by atoms with Gasteiger partial charge in [0.1, 0.15) is 23.9 Å². The van der Waals surface area contributed by atoms with E-state index < -0.39 is 42.0 Å². The van der Waals surface area contributed by atoms with Crippen molar-refractivity contribution in [2.75, 3.05) is 20.6 Å². The number of rotatable bonds is 9. The van der Waals surface area contributed by atoms with E-state index in [9.17, 15) is 19.2 Å². The van der Waals surface area contributed by atoms with E-state index in [1.807, 2.05) is 106 Å². The molecule has 3 heterocycles. The summed E-state index contributed by atoms with van der Waals surface area (Å²) in [7, 11) is 3.76.